The Hall–Kier alpha value is -7.48. The molecule has 298 valence electrons. The van der Waals surface area contributed by atoms with Crippen LogP contribution in [0.1, 0.15) is 48.9 Å². The van der Waals surface area contributed by atoms with Crippen molar-refractivity contribution in [2.24, 2.45) is 0 Å². The van der Waals surface area contributed by atoms with Crippen LogP contribution in [-0.2, 0) is 5.41 Å². The first-order chi connectivity index (χ1) is 30.6. The van der Waals surface area contributed by atoms with Crippen LogP contribution in [0.25, 0.3) is 67.8 Å². The third kappa shape index (κ3) is 7.16. The molecule has 0 amide bonds. The van der Waals surface area contributed by atoms with E-state index in [1.807, 2.05) is 0 Å². The Balaban J connectivity index is 0.978. The van der Waals surface area contributed by atoms with Crippen LogP contribution in [0.15, 0.2) is 224 Å². The fourth-order valence-electron chi connectivity index (χ4n) is 9.74. The van der Waals surface area contributed by atoms with Crippen molar-refractivity contribution in [1.29, 1.82) is 0 Å². The second-order valence-corrected chi connectivity index (χ2v) is 16.3. The van der Waals surface area contributed by atoms with E-state index in [9.17, 15) is 0 Å². The number of hydrogen-bond donors (Lipinski definition) is 0. The molecule has 0 saturated heterocycles. The number of para-hydroxylation sites is 2. The van der Waals surface area contributed by atoms with Gasteiger partial charge < -0.3 is 4.90 Å². The summed E-state index contributed by atoms with van der Waals surface area (Å²) in [7, 11) is 0. The Morgan fingerprint density at radius 1 is 0.323 bits per heavy atom. The summed E-state index contributed by atoms with van der Waals surface area (Å²) in [6.45, 7) is 4.71. The molecule has 0 aromatic heterocycles. The Labute approximate surface area is 367 Å². The van der Waals surface area contributed by atoms with Crippen LogP contribution in [-0.4, -0.2) is 0 Å². The van der Waals surface area contributed by atoms with E-state index in [4.69, 9.17) is 0 Å². The maximum absolute atomic E-state index is 2.46. The van der Waals surface area contributed by atoms with Gasteiger partial charge in [0.2, 0.25) is 0 Å². The number of nitrogens with zero attached hydrogens (tertiary/aromatic N) is 1. The van der Waals surface area contributed by atoms with E-state index in [-0.39, 0.29) is 5.41 Å². The number of hydrogen-bond acceptors (Lipinski definition) is 1. The predicted octanol–water partition coefficient (Wildman–Crippen LogP) is 17.1. The second-order valence-electron chi connectivity index (χ2n) is 16.3. The first-order valence-corrected chi connectivity index (χ1v) is 22.0. The number of rotatable bonds is 11. The maximum Gasteiger partial charge on any atom is 0.0465 e. The van der Waals surface area contributed by atoms with Gasteiger partial charge in [0.05, 0.1) is 0 Å². The fraction of sp³-hybridized carbons (Fsp3) is 0.0820. The van der Waals surface area contributed by atoms with Crippen molar-refractivity contribution in [3.8, 4) is 55.6 Å². The highest BCUT2D eigenvalue weighted by Crippen LogP contribution is 2.54. The van der Waals surface area contributed by atoms with Crippen LogP contribution in [0.3, 0.4) is 0 Å². The Kier molecular flexibility index (Phi) is 10.5. The quantitative estimate of drug-likeness (QED) is 0.118. The summed E-state index contributed by atoms with van der Waals surface area (Å²) >= 11 is 0. The standard InChI is InChI=1S/C61H49N/c1-3-61(4-2)59-41-45(33-38-56(59)57-40-37-52(43-60(57)61)62(50-23-13-7-14-24-50)51-25-15-8-16-26-51)30-29-44-31-34-48(35-32-44)58-42-49(46-19-9-5-10-20-46)36-39-55(58)54-28-18-17-27-53(54)47-21-11-6-12-22-47/h5-43H,3-4H2,1-2H3/b30-29+. The zero-order valence-corrected chi connectivity index (χ0v) is 35.4. The molecular formula is C61H49N. The van der Waals surface area contributed by atoms with Gasteiger partial charge >= 0.3 is 0 Å². The van der Waals surface area contributed by atoms with Gasteiger partial charge in [-0.05, 0) is 133 Å². The van der Waals surface area contributed by atoms with Crippen molar-refractivity contribution >= 4 is 29.2 Å². The van der Waals surface area contributed by atoms with Gasteiger partial charge in [0, 0.05) is 22.5 Å². The molecule has 0 aliphatic heterocycles. The molecule has 62 heavy (non-hydrogen) atoms. The number of anilines is 3. The zero-order valence-electron chi connectivity index (χ0n) is 35.4. The molecular weight excluding hydrogens is 747 g/mol. The van der Waals surface area contributed by atoms with Gasteiger partial charge in [0.1, 0.15) is 0 Å². The van der Waals surface area contributed by atoms with E-state index in [1.54, 1.807) is 0 Å². The molecule has 0 fully saturated rings. The average molecular weight is 796 g/mol. The monoisotopic (exact) mass is 795 g/mol. The average Bonchev–Trinajstić information content (AvgIpc) is 3.63. The fourth-order valence-corrected chi connectivity index (χ4v) is 9.74. The van der Waals surface area contributed by atoms with E-state index >= 15 is 0 Å². The van der Waals surface area contributed by atoms with Crippen molar-refractivity contribution in [3.05, 3.63) is 247 Å². The van der Waals surface area contributed by atoms with Crippen molar-refractivity contribution in [2.45, 2.75) is 32.1 Å². The van der Waals surface area contributed by atoms with Crippen LogP contribution < -0.4 is 4.90 Å². The molecule has 0 unspecified atom stereocenters. The van der Waals surface area contributed by atoms with Gasteiger partial charge in [-0.2, -0.15) is 0 Å². The lowest BCUT2D eigenvalue weighted by molar-refractivity contribution is 0.490. The minimum atomic E-state index is -0.0731. The number of fused-ring (bicyclic) bond motifs is 3. The predicted molar refractivity (Wildman–Crippen MR) is 265 cm³/mol. The highest BCUT2D eigenvalue weighted by molar-refractivity contribution is 5.94. The Morgan fingerprint density at radius 3 is 1.40 bits per heavy atom. The van der Waals surface area contributed by atoms with Gasteiger partial charge in [-0.3, -0.25) is 0 Å². The van der Waals surface area contributed by atoms with Gasteiger partial charge in [-0.1, -0.05) is 208 Å². The molecule has 1 nitrogen and oxygen atoms in total. The molecule has 0 saturated carbocycles. The summed E-state index contributed by atoms with van der Waals surface area (Å²) in [6, 6.07) is 81.8. The minimum absolute atomic E-state index is 0.0731. The summed E-state index contributed by atoms with van der Waals surface area (Å²) < 4.78 is 0. The highest BCUT2D eigenvalue weighted by atomic mass is 15.1. The van der Waals surface area contributed by atoms with Crippen LogP contribution in [0.5, 0.6) is 0 Å². The lowest BCUT2D eigenvalue weighted by Gasteiger charge is -2.32. The van der Waals surface area contributed by atoms with E-state index in [1.165, 1.54) is 83.6 Å². The molecule has 9 aromatic rings. The molecule has 9 aromatic carbocycles. The van der Waals surface area contributed by atoms with Crippen LogP contribution in [0, 0.1) is 0 Å². The van der Waals surface area contributed by atoms with Crippen LogP contribution >= 0.6 is 0 Å². The summed E-state index contributed by atoms with van der Waals surface area (Å²) in [5, 5.41) is 0. The zero-order chi connectivity index (χ0) is 41.9. The van der Waals surface area contributed by atoms with E-state index in [2.05, 4.69) is 255 Å². The second kappa shape index (κ2) is 16.9. The highest BCUT2D eigenvalue weighted by Gasteiger charge is 2.41. The van der Waals surface area contributed by atoms with Crippen LogP contribution in [0.4, 0.5) is 17.1 Å². The Morgan fingerprint density at radius 2 is 0.774 bits per heavy atom. The van der Waals surface area contributed by atoms with Gasteiger partial charge in [0.25, 0.3) is 0 Å². The SMILES string of the molecule is CCC1(CC)c2cc(/C=C/c3ccc(-c4cc(-c5ccccc5)ccc4-c4ccccc4-c4ccccc4)cc3)ccc2-c2ccc(N(c3ccccc3)c3ccccc3)cc21. The minimum Gasteiger partial charge on any atom is -0.310 e. The van der Waals surface area contributed by atoms with E-state index in [0.29, 0.717) is 0 Å². The largest absolute Gasteiger partial charge is 0.310 e. The normalized spacial score (nSPS) is 12.5. The van der Waals surface area contributed by atoms with Gasteiger partial charge in [-0.15, -0.1) is 0 Å². The molecule has 10 rings (SSSR count). The lowest BCUT2D eigenvalue weighted by Crippen LogP contribution is -2.23. The summed E-state index contributed by atoms with van der Waals surface area (Å²) in [5.74, 6) is 0. The molecule has 0 atom stereocenters. The van der Waals surface area contributed by atoms with Crippen molar-refractivity contribution < 1.29 is 0 Å². The third-order valence-corrected chi connectivity index (χ3v) is 13.0. The summed E-state index contributed by atoms with van der Waals surface area (Å²) in [5.41, 5.74) is 21.1. The molecule has 0 radical (unpaired) electrons. The van der Waals surface area contributed by atoms with E-state index < -0.39 is 0 Å². The van der Waals surface area contributed by atoms with Crippen molar-refractivity contribution in [1.82, 2.24) is 0 Å². The number of benzene rings is 9. The molecule has 0 heterocycles. The lowest BCUT2D eigenvalue weighted by atomic mass is 9.73. The third-order valence-electron chi connectivity index (χ3n) is 13.0. The molecule has 1 heteroatoms. The molecule has 0 spiro atoms. The van der Waals surface area contributed by atoms with E-state index in [0.717, 1.165) is 24.2 Å². The molecule has 1 aliphatic rings. The first-order valence-electron chi connectivity index (χ1n) is 22.0. The molecule has 1 aliphatic carbocycles. The molecule has 0 N–H and O–H groups in total. The van der Waals surface area contributed by atoms with Gasteiger partial charge in [-0.25, -0.2) is 0 Å². The maximum atomic E-state index is 2.46. The van der Waals surface area contributed by atoms with Gasteiger partial charge in [0.15, 0.2) is 0 Å². The first kappa shape index (κ1) is 38.7. The van der Waals surface area contributed by atoms with Crippen LogP contribution in [0.2, 0.25) is 0 Å². The smallest absolute Gasteiger partial charge is 0.0465 e. The topological polar surface area (TPSA) is 3.24 Å². The molecule has 0 bridgehead atoms. The van der Waals surface area contributed by atoms with Crippen molar-refractivity contribution in [3.63, 3.8) is 0 Å². The summed E-state index contributed by atoms with van der Waals surface area (Å²) in [6.07, 6.45) is 6.60. The Bertz CT molecular complexity index is 2960. The summed E-state index contributed by atoms with van der Waals surface area (Å²) in [4.78, 5) is 2.38. The van der Waals surface area contributed by atoms with Crippen molar-refractivity contribution in [2.75, 3.05) is 4.90 Å².